The molecule has 0 saturated heterocycles. The number of benzene rings is 3. The largest absolute Gasteiger partial charge is 0.256 e. The van der Waals surface area contributed by atoms with Crippen LogP contribution >= 0.6 is 0 Å². The lowest BCUT2D eigenvalue weighted by Gasteiger charge is -2.06. The van der Waals surface area contributed by atoms with Gasteiger partial charge in [-0.1, -0.05) is 54.6 Å². The fourth-order valence-corrected chi connectivity index (χ4v) is 2.75. The topological polar surface area (TPSA) is 12.9 Å². The van der Waals surface area contributed by atoms with Gasteiger partial charge in [0.25, 0.3) is 0 Å². The second-order valence-corrected chi connectivity index (χ2v) is 5.50. The molecule has 0 unspecified atom stereocenters. The van der Waals surface area contributed by atoms with Crippen molar-refractivity contribution in [2.75, 3.05) is 0 Å². The van der Waals surface area contributed by atoms with Crippen molar-refractivity contribution >= 4 is 10.9 Å². The molecule has 0 aliphatic rings. The maximum Gasteiger partial charge on any atom is 0.123 e. The van der Waals surface area contributed by atoms with E-state index < -0.39 is 0 Å². The van der Waals surface area contributed by atoms with Crippen molar-refractivity contribution in [3.63, 3.8) is 0 Å². The molecule has 0 N–H and O–H groups in total. The Hall–Kier alpha value is -3.00. The molecule has 0 saturated carbocycles. The first-order valence-electron chi connectivity index (χ1n) is 7.51. The van der Waals surface area contributed by atoms with E-state index in [4.69, 9.17) is 0 Å². The number of para-hydroxylation sites is 1. The molecule has 0 amide bonds. The summed E-state index contributed by atoms with van der Waals surface area (Å²) in [5.41, 5.74) is 5.06. The summed E-state index contributed by atoms with van der Waals surface area (Å²) in [4.78, 5) is 4.50. The van der Waals surface area contributed by atoms with Crippen LogP contribution in [0.1, 0.15) is 0 Å². The molecule has 0 bridgehead atoms. The van der Waals surface area contributed by atoms with E-state index in [9.17, 15) is 4.39 Å². The molecule has 4 aromatic rings. The van der Waals surface area contributed by atoms with Crippen molar-refractivity contribution in [2.45, 2.75) is 0 Å². The summed E-state index contributed by atoms with van der Waals surface area (Å²) in [5, 5.41) is 1.12. The molecule has 23 heavy (non-hydrogen) atoms. The van der Waals surface area contributed by atoms with E-state index in [0.29, 0.717) is 0 Å². The van der Waals surface area contributed by atoms with Crippen LogP contribution in [0.3, 0.4) is 0 Å². The first kappa shape index (κ1) is 13.6. The van der Waals surface area contributed by atoms with Crippen LogP contribution in [0.5, 0.6) is 0 Å². The zero-order valence-corrected chi connectivity index (χ0v) is 12.4. The first-order valence-corrected chi connectivity index (χ1v) is 7.51. The van der Waals surface area contributed by atoms with Crippen molar-refractivity contribution in [2.24, 2.45) is 0 Å². The minimum Gasteiger partial charge on any atom is -0.256 e. The van der Waals surface area contributed by atoms with Crippen molar-refractivity contribution in [3.8, 4) is 22.3 Å². The van der Waals surface area contributed by atoms with Crippen molar-refractivity contribution in [3.05, 3.63) is 90.9 Å². The van der Waals surface area contributed by atoms with Gasteiger partial charge < -0.3 is 0 Å². The van der Waals surface area contributed by atoms with E-state index in [2.05, 4.69) is 17.1 Å². The Morgan fingerprint density at radius 2 is 1.35 bits per heavy atom. The van der Waals surface area contributed by atoms with Gasteiger partial charge in [0.2, 0.25) is 0 Å². The average Bonchev–Trinajstić information content (AvgIpc) is 2.61. The number of pyridine rings is 1. The molecular weight excluding hydrogens is 285 g/mol. The van der Waals surface area contributed by atoms with Crippen LogP contribution in [0.4, 0.5) is 4.39 Å². The monoisotopic (exact) mass is 299 g/mol. The maximum atomic E-state index is 13.3. The Morgan fingerprint density at radius 3 is 2.13 bits per heavy atom. The molecule has 1 nitrogen and oxygen atoms in total. The lowest BCUT2D eigenvalue weighted by atomic mass is 10.0. The molecule has 110 valence electrons. The first-order chi connectivity index (χ1) is 11.3. The van der Waals surface area contributed by atoms with Gasteiger partial charge in [0, 0.05) is 17.1 Å². The summed E-state index contributed by atoms with van der Waals surface area (Å²) in [6.45, 7) is 0. The molecule has 0 fully saturated rings. The van der Waals surface area contributed by atoms with E-state index in [-0.39, 0.29) is 5.82 Å². The van der Waals surface area contributed by atoms with E-state index in [0.717, 1.165) is 33.2 Å². The summed E-state index contributed by atoms with van der Waals surface area (Å²) in [6, 6.07) is 25.0. The van der Waals surface area contributed by atoms with Gasteiger partial charge in [-0.05, 0) is 41.0 Å². The Labute approximate surface area is 134 Å². The van der Waals surface area contributed by atoms with Crippen LogP contribution in [0, 0.1) is 5.82 Å². The zero-order valence-electron chi connectivity index (χ0n) is 12.4. The van der Waals surface area contributed by atoms with E-state index >= 15 is 0 Å². The number of fused-ring (bicyclic) bond motifs is 1. The highest BCUT2D eigenvalue weighted by atomic mass is 19.1. The van der Waals surface area contributed by atoms with Crippen LogP contribution in [-0.2, 0) is 0 Å². The highest BCUT2D eigenvalue weighted by molar-refractivity contribution is 5.83. The van der Waals surface area contributed by atoms with Crippen LogP contribution in [0.2, 0.25) is 0 Å². The zero-order chi connectivity index (χ0) is 15.6. The van der Waals surface area contributed by atoms with Crippen molar-refractivity contribution < 1.29 is 4.39 Å². The third-order valence-corrected chi connectivity index (χ3v) is 3.97. The minimum atomic E-state index is -0.217. The highest BCUT2D eigenvalue weighted by Crippen LogP contribution is 2.26. The molecule has 1 aromatic heterocycles. The van der Waals surface area contributed by atoms with Crippen LogP contribution in [0.15, 0.2) is 85.1 Å². The maximum absolute atomic E-state index is 13.3. The second-order valence-electron chi connectivity index (χ2n) is 5.50. The summed E-state index contributed by atoms with van der Waals surface area (Å²) in [5.74, 6) is -0.217. The summed E-state index contributed by atoms with van der Waals surface area (Å²) in [7, 11) is 0. The molecule has 2 heteroatoms. The number of hydrogen-bond donors (Lipinski definition) is 0. The average molecular weight is 299 g/mol. The smallest absolute Gasteiger partial charge is 0.123 e. The van der Waals surface area contributed by atoms with Gasteiger partial charge in [0.15, 0.2) is 0 Å². The lowest BCUT2D eigenvalue weighted by molar-refractivity contribution is 0.628. The Balaban J connectivity index is 1.72. The lowest BCUT2D eigenvalue weighted by Crippen LogP contribution is -1.84. The quantitative estimate of drug-likeness (QED) is 0.462. The normalized spacial score (nSPS) is 10.8. The van der Waals surface area contributed by atoms with Gasteiger partial charge in [-0.2, -0.15) is 0 Å². The van der Waals surface area contributed by atoms with Crippen LogP contribution < -0.4 is 0 Å². The fourth-order valence-electron chi connectivity index (χ4n) is 2.75. The molecule has 0 atom stereocenters. The van der Waals surface area contributed by atoms with Gasteiger partial charge in [0.05, 0.1) is 5.52 Å². The van der Waals surface area contributed by atoms with E-state index in [1.807, 2.05) is 54.7 Å². The van der Waals surface area contributed by atoms with Crippen molar-refractivity contribution in [1.82, 2.24) is 4.98 Å². The summed E-state index contributed by atoms with van der Waals surface area (Å²) in [6.07, 6.45) is 1.89. The van der Waals surface area contributed by atoms with E-state index in [1.54, 1.807) is 12.1 Å². The Kier molecular flexibility index (Phi) is 3.35. The predicted octanol–water partition coefficient (Wildman–Crippen LogP) is 5.71. The van der Waals surface area contributed by atoms with Crippen LogP contribution in [-0.4, -0.2) is 4.98 Å². The van der Waals surface area contributed by atoms with E-state index in [1.165, 1.54) is 6.07 Å². The minimum absolute atomic E-state index is 0.217. The predicted molar refractivity (Wildman–Crippen MR) is 92.6 cm³/mol. The standard InChI is InChI=1S/C21H14FN/c22-20-6-3-5-17(13-20)15-8-10-16(11-9-15)19-12-18-4-1-2-7-21(18)23-14-19/h1-14H. The molecule has 0 spiro atoms. The number of nitrogens with zero attached hydrogens (tertiary/aromatic N) is 1. The molecule has 1 heterocycles. The molecule has 4 rings (SSSR count). The third kappa shape index (κ3) is 2.71. The molecule has 0 aliphatic carbocycles. The Morgan fingerprint density at radius 1 is 0.609 bits per heavy atom. The SMILES string of the molecule is Fc1cccc(-c2ccc(-c3cnc4ccccc4c3)cc2)c1. The molecule has 0 radical (unpaired) electrons. The molecule has 0 aliphatic heterocycles. The van der Waals surface area contributed by atoms with Gasteiger partial charge in [-0.3, -0.25) is 4.98 Å². The van der Waals surface area contributed by atoms with Gasteiger partial charge >= 0.3 is 0 Å². The summed E-state index contributed by atoms with van der Waals surface area (Å²) < 4.78 is 13.3. The second kappa shape index (κ2) is 5.65. The highest BCUT2D eigenvalue weighted by Gasteiger charge is 2.03. The van der Waals surface area contributed by atoms with Crippen LogP contribution in [0.25, 0.3) is 33.2 Å². The number of halogens is 1. The van der Waals surface area contributed by atoms with Crippen molar-refractivity contribution in [1.29, 1.82) is 0 Å². The van der Waals surface area contributed by atoms with Gasteiger partial charge in [0.1, 0.15) is 5.82 Å². The molecular formula is C21H14FN. The molecule has 3 aromatic carbocycles. The van der Waals surface area contributed by atoms with Gasteiger partial charge in [-0.25, -0.2) is 4.39 Å². The summed E-state index contributed by atoms with van der Waals surface area (Å²) >= 11 is 0. The van der Waals surface area contributed by atoms with Gasteiger partial charge in [-0.15, -0.1) is 0 Å². The third-order valence-electron chi connectivity index (χ3n) is 3.97. The number of hydrogen-bond acceptors (Lipinski definition) is 1. The fraction of sp³-hybridized carbons (Fsp3) is 0. The number of rotatable bonds is 2. The number of aromatic nitrogens is 1. The Bertz CT molecular complexity index is 974.